The number of benzene rings is 2. The number of anilines is 1. The summed E-state index contributed by atoms with van der Waals surface area (Å²) in [6, 6.07) is 15.0. The lowest BCUT2D eigenvalue weighted by molar-refractivity contribution is -0.113. The van der Waals surface area contributed by atoms with Gasteiger partial charge in [0.25, 0.3) is 5.91 Å². The third-order valence-corrected chi connectivity index (χ3v) is 4.46. The number of para-hydroxylation sites is 2. The Morgan fingerprint density at radius 2 is 1.92 bits per heavy atom. The molecular weight excluding hydrogens is 346 g/mol. The van der Waals surface area contributed by atoms with E-state index >= 15 is 0 Å². The van der Waals surface area contributed by atoms with Crippen LogP contribution >= 0.6 is 12.2 Å². The molecule has 26 heavy (non-hydrogen) atoms. The van der Waals surface area contributed by atoms with E-state index in [1.54, 1.807) is 13.2 Å². The summed E-state index contributed by atoms with van der Waals surface area (Å²) >= 11 is 5.29. The van der Waals surface area contributed by atoms with E-state index in [0.29, 0.717) is 22.1 Å². The first-order valence-corrected chi connectivity index (χ1v) is 8.69. The molecule has 3 N–H and O–H groups in total. The van der Waals surface area contributed by atoms with Crippen LogP contribution in [0.1, 0.15) is 24.1 Å². The molecule has 134 valence electrons. The highest BCUT2D eigenvalue weighted by atomic mass is 32.1. The van der Waals surface area contributed by atoms with Crippen LogP contribution in [0.2, 0.25) is 0 Å². The van der Waals surface area contributed by atoms with Crippen molar-refractivity contribution in [3.63, 3.8) is 0 Å². The van der Waals surface area contributed by atoms with Crippen molar-refractivity contribution in [2.75, 3.05) is 12.4 Å². The normalized spacial score (nSPS) is 16.6. The molecule has 0 aromatic heterocycles. The largest absolute Gasteiger partial charge is 0.495 e. The fourth-order valence-corrected chi connectivity index (χ4v) is 3.30. The molecule has 1 amide bonds. The summed E-state index contributed by atoms with van der Waals surface area (Å²) in [4.78, 5) is 13.1. The SMILES string of the molecule is COc1ccccc1NC(=O)C1=C(C)NC(=S)N[C@H]1c1cccc(C)c1. The van der Waals surface area contributed by atoms with Gasteiger partial charge in [-0.05, 0) is 43.8 Å². The van der Waals surface area contributed by atoms with Gasteiger partial charge in [0, 0.05) is 5.70 Å². The van der Waals surface area contributed by atoms with Gasteiger partial charge < -0.3 is 20.7 Å². The van der Waals surface area contributed by atoms with E-state index < -0.39 is 0 Å². The van der Waals surface area contributed by atoms with Gasteiger partial charge in [0.05, 0.1) is 24.4 Å². The molecule has 3 rings (SSSR count). The Bertz CT molecular complexity index is 892. The summed E-state index contributed by atoms with van der Waals surface area (Å²) in [5.74, 6) is 0.402. The number of nitrogens with one attached hydrogen (secondary N) is 3. The van der Waals surface area contributed by atoms with Crippen LogP contribution in [0.3, 0.4) is 0 Å². The molecule has 1 aliphatic rings. The van der Waals surface area contributed by atoms with Crippen molar-refractivity contribution in [2.45, 2.75) is 19.9 Å². The Labute approximate surface area is 158 Å². The van der Waals surface area contributed by atoms with E-state index in [1.165, 1.54) is 0 Å². The van der Waals surface area contributed by atoms with Crippen molar-refractivity contribution in [2.24, 2.45) is 0 Å². The van der Waals surface area contributed by atoms with Crippen LogP contribution in [-0.2, 0) is 4.79 Å². The molecule has 1 heterocycles. The van der Waals surface area contributed by atoms with E-state index in [4.69, 9.17) is 17.0 Å². The highest BCUT2D eigenvalue weighted by Crippen LogP contribution is 2.30. The number of rotatable bonds is 4. The number of methoxy groups -OCH3 is 1. The summed E-state index contributed by atoms with van der Waals surface area (Å²) < 4.78 is 5.32. The van der Waals surface area contributed by atoms with Gasteiger partial charge in [-0.1, -0.05) is 42.0 Å². The van der Waals surface area contributed by atoms with Crippen molar-refractivity contribution < 1.29 is 9.53 Å². The molecule has 0 unspecified atom stereocenters. The number of aryl methyl sites for hydroxylation is 1. The maximum atomic E-state index is 13.1. The second kappa shape index (κ2) is 7.58. The monoisotopic (exact) mass is 367 g/mol. The third kappa shape index (κ3) is 3.70. The zero-order chi connectivity index (χ0) is 18.7. The minimum absolute atomic E-state index is 0.207. The van der Waals surface area contributed by atoms with Gasteiger partial charge in [-0.25, -0.2) is 0 Å². The molecule has 0 bridgehead atoms. The van der Waals surface area contributed by atoms with Crippen LogP contribution in [0.4, 0.5) is 5.69 Å². The van der Waals surface area contributed by atoms with Crippen molar-refractivity contribution in [3.8, 4) is 5.75 Å². The van der Waals surface area contributed by atoms with Crippen molar-refractivity contribution in [1.29, 1.82) is 0 Å². The maximum absolute atomic E-state index is 13.1. The third-order valence-electron chi connectivity index (χ3n) is 4.24. The van der Waals surface area contributed by atoms with E-state index in [0.717, 1.165) is 16.8 Å². The quantitative estimate of drug-likeness (QED) is 0.723. The number of carbonyl (C=O) groups is 1. The molecule has 1 aliphatic heterocycles. The van der Waals surface area contributed by atoms with Gasteiger partial charge in [-0.3, -0.25) is 4.79 Å². The van der Waals surface area contributed by atoms with Crippen LogP contribution in [0.5, 0.6) is 5.75 Å². The lowest BCUT2D eigenvalue weighted by atomic mass is 9.94. The summed E-state index contributed by atoms with van der Waals surface area (Å²) in [5.41, 5.74) is 4.05. The maximum Gasteiger partial charge on any atom is 0.255 e. The summed E-state index contributed by atoms with van der Waals surface area (Å²) in [5, 5.41) is 9.70. The average Bonchev–Trinajstić information content (AvgIpc) is 2.61. The lowest BCUT2D eigenvalue weighted by Gasteiger charge is -2.30. The zero-order valence-corrected chi connectivity index (χ0v) is 15.7. The zero-order valence-electron chi connectivity index (χ0n) is 14.9. The van der Waals surface area contributed by atoms with E-state index in [9.17, 15) is 4.79 Å². The van der Waals surface area contributed by atoms with E-state index in [-0.39, 0.29) is 11.9 Å². The second-order valence-electron chi connectivity index (χ2n) is 6.14. The van der Waals surface area contributed by atoms with Crippen LogP contribution < -0.4 is 20.7 Å². The average molecular weight is 367 g/mol. The first-order valence-electron chi connectivity index (χ1n) is 8.29. The summed E-state index contributed by atoms with van der Waals surface area (Å²) in [6.07, 6.45) is 0. The smallest absolute Gasteiger partial charge is 0.255 e. The molecule has 0 radical (unpaired) electrons. The van der Waals surface area contributed by atoms with E-state index in [1.807, 2.05) is 50.2 Å². The number of hydrogen-bond acceptors (Lipinski definition) is 3. The highest BCUT2D eigenvalue weighted by Gasteiger charge is 2.30. The van der Waals surface area contributed by atoms with Gasteiger partial charge in [-0.15, -0.1) is 0 Å². The van der Waals surface area contributed by atoms with E-state index in [2.05, 4.69) is 22.0 Å². The number of hydrogen-bond donors (Lipinski definition) is 3. The predicted octanol–water partition coefficient (Wildman–Crippen LogP) is 3.44. The molecule has 0 saturated heterocycles. The van der Waals surface area contributed by atoms with Gasteiger partial charge in [0.2, 0.25) is 0 Å². The Kier molecular flexibility index (Phi) is 5.23. The molecule has 1 atom stereocenters. The standard InChI is InChI=1S/C20H21N3O2S/c1-12-7-6-8-14(11-12)18-17(13(2)21-20(26)23-18)19(24)22-15-9-4-5-10-16(15)25-3/h4-11,18H,1-3H3,(H,22,24)(H2,21,23,26)/t18-/m0/s1. The number of ether oxygens (including phenoxy) is 1. The predicted molar refractivity (Wildman–Crippen MR) is 107 cm³/mol. The van der Waals surface area contributed by atoms with Crippen molar-refractivity contribution in [1.82, 2.24) is 10.6 Å². The van der Waals surface area contributed by atoms with Crippen LogP contribution in [0, 0.1) is 6.92 Å². The Balaban J connectivity index is 1.97. The van der Waals surface area contributed by atoms with Crippen molar-refractivity contribution in [3.05, 3.63) is 70.9 Å². The minimum Gasteiger partial charge on any atom is -0.495 e. The molecule has 0 fully saturated rings. The van der Waals surface area contributed by atoms with Gasteiger partial charge >= 0.3 is 0 Å². The molecule has 0 spiro atoms. The summed E-state index contributed by atoms with van der Waals surface area (Å²) in [6.45, 7) is 3.88. The Morgan fingerprint density at radius 1 is 1.15 bits per heavy atom. The molecule has 6 heteroatoms. The van der Waals surface area contributed by atoms with Gasteiger partial charge in [0.1, 0.15) is 5.75 Å². The fourth-order valence-electron chi connectivity index (χ4n) is 3.03. The Morgan fingerprint density at radius 3 is 2.65 bits per heavy atom. The topological polar surface area (TPSA) is 62.4 Å². The minimum atomic E-state index is -0.321. The number of allylic oxidation sites excluding steroid dienone is 1. The molecule has 2 aromatic carbocycles. The second-order valence-corrected chi connectivity index (χ2v) is 6.55. The molecule has 0 aliphatic carbocycles. The number of thiocarbonyl (C=S) groups is 1. The lowest BCUT2D eigenvalue weighted by Crippen LogP contribution is -2.45. The van der Waals surface area contributed by atoms with Gasteiger partial charge in [-0.2, -0.15) is 0 Å². The molecule has 2 aromatic rings. The first-order chi connectivity index (χ1) is 12.5. The molecular formula is C20H21N3O2S. The number of carbonyl (C=O) groups excluding carboxylic acids is 1. The molecule has 5 nitrogen and oxygen atoms in total. The van der Waals surface area contributed by atoms with Gasteiger partial charge in [0.15, 0.2) is 5.11 Å². The number of amides is 1. The van der Waals surface area contributed by atoms with Crippen LogP contribution in [-0.4, -0.2) is 18.1 Å². The van der Waals surface area contributed by atoms with Crippen LogP contribution in [0.25, 0.3) is 0 Å². The Hall–Kier alpha value is -2.86. The van der Waals surface area contributed by atoms with Crippen molar-refractivity contribution >= 4 is 28.9 Å². The summed E-state index contributed by atoms with van der Waals surface area (Å²) in [7, 11) is 1.58. The highest BCUT2D eigenvalue weighted by molar-refractivity contribution is 7.80. The van der Waals surface area contributed by atoms with Crippen LogP contribution in [0.15, 0.2) is 59.8 Å². The first kappa shape index (κ1) is 17.9. The fraction of sp³-hybridized carbons (Fsp3) is 0.200. The molecule has 0 saturated carbocycles.